The first-order chi connectivity index (χ1) is 15.6. The van der Waals surface area contributed by atoms with Crippen LogP contribution in [0, 0.1) is 23.0 Å². The Kier molecular flexibility index (Phi) is 6.81. The lowest BCUT2D eigenvalue weighted by atomic mass is 9.93. The molecule has 0 radical (unpaired) electrons. The van der Waals surface area contributed by atoms with Crippen molar-refractivity contribution in [3.8, 4) is 11.8 Å². The predicted molar refractivity (Wildman–Crippen MR) is 117 cm³/mol. The molecule has 33 heavy (non-hydrogen) atoms. The first-order valence-electron chi connectivity index (χ1n) is 11.9. The number of amides is 1. The number of benzene rings is 1. The van der Waals surface area contributed by atoms with Crippen molar-refractivity contribution < 1.29 is 27.8 Å². The summed E-state index contributed by atoms with van der Waals surface area (Å²) in [5, 5.41) is 8.82. The van der Waals surface area contributed by atoms with Crippen LogP contribution in [0.5, 0.6) is 5.75 Å². The van der Waals surface area contributed by atoms with Crippen molar-refractivity contribution in [2.45, 2.75) is 108 Å². The van der Waals surface area contributed by atoms with E-state index in [0.717, 1.165) is 50.7 Å². The molecule has 3 atom stereocenters. The Hall–Kier alpha value is -2.40. The number of piperidine rings is 1. The van der Waals surface area contributed by atoms with Crippen molar-refractivity contribution >= 4 is 6.09 Å². The van der Waals surface area contributed by atoms with Gasteiger partial charge < -0.3 is 19.1 Å². The number of hydrogen-bond donors (Lipinski definition) is 0. The van der Waals surface area contributed by atoms with E-state index in [4.69, 9.17) is 19.5 Å². The summed E-state index contributed by atoms with van der Waals surface area (Å²) in [7, 11) is 0. The molecule has 2 heterocycles. The highest BCUT2D eigenvalue weighted by Crippen LogP contribution is 2.39. The predicted octanol–water partition coefficient (Wildman–Crippen LogP) is 5.47. The third-order valence-electron chi connectivity index (χ3n) is 6.71. The van der Waals surface area contributed by atoms with Crippen LogP contribution in [0.25, 0.3) is 0 Å². The van der Waals surface area contributed by atoms with Gasteiger partial charge in [0, 0.05) is 12.1 Å². The van der Waals surface area contributed by atoms with Crippen LogP contribution in [0.15, 0.2) is 12.1 Å². The maximum Gasteiger partial charge on any atom is 0.410 e. The summed E-state index contributed by atoms with van der Waals surface area (Å²) in [6, 6.07) is 4.03. The van der Waals surface area contributed by atoms with Gasteiger partial charge in [-0.3, -0.25) is 0 Å². The Balaban J connectivity index is 1.26. The second-order valence-electron chi connectivity index (χ2n) is 10.4. The van der Waals surface area contributed by atoms with E-state index < -0.39 is 23.0 Å². The Morgan fingerprint density at radius 2 is 1.52 bits per heavy atom. The standard InChI is InChI=1S/C25H32F2N2O4/c1-25(2,3)33-24(30)29-16-4-5-17(29)13-20(12-16)31-18-6-8-19(9-7-18)32-23-21(26)10-15(14-28)11-22(23)27/h10-11,16-20H,4-9,12-13H2,1-3H3/t16-,17+,18-,19-,20-. The molecule has 1 aromatic rings. The largest absolute Gasteiger partial charge is 0.484 e. The summed E-state index contributed by atoms with van der Waals surface area (Å²) in [6.07, 6.45) is 6.06. The smallest absolute Gasteiger partial charge is 0.410 e. The summed E-state index contributed by atoms with van der Waals surface area (Å²) >= 11 is 0. The molecule has 2 aliphatic heterocycles. The molecule has 6 nitrogen and oxygen atoms in total. The minimum atomic E-state index is -0.850. The van der Waals surface area contributed by atoms with Crippen molar-refractivity contribution in [3.05, 3.63) is 29.3 Å². The van der Waals surface area contributed by atoms with E-state index in [-0.39, 0.29) is 42.1 Å². The van der Waals surface area contributed by atoms with Gasteiger partial charge in [-0.1, -0.05) is 0 Å². The van der Waals surface area contributed by atoms with Crippen molar-refractivity contribution in [2.75, 3.05) is 0 Å². The van der Waals surface area contributed by atoms with Crippen LogP contribution in [-0.4, -0.2) is 47.0 Å². The summed E-state index contributed by atoms with van der Waals surface area (Å²) in [5.41, 5.74) is -0.574. The van der Waals surface area contributed by atoms with E-state index in [0.29, 0.717) is 12.8 Å². The first kappa shape index (κ1) is 23.7. The van der Waals surface area contributed by atoms with E-state index in [1.807, 2.05) is 25.7 Å². The van der Waals surface area contributed by atoms with Gasteiger partial charge >= 0.3 is 6.09 Å². The molecule has 4 rings (SSSR count). The number of carbonyl (C=O) groups excluding carboxylic acids is 1. The quantitative estimate of drug-likeness (QED) is 0.593. The van der Waals surface area contributed by atoms with E-state index in [1.54, 1.807) is 6.07 Å². The molecule has 180 valence electrons. The topological polar surface area (TPSA) is 71.8 Å². The maximum absolute atomic E-state index is 14.1. The minimum Gasteiger partial charge on any atom is -0.484 e. The lowest BCUT2D eigenvalue weighted by molar-refractivity contribution is -0.0815. The molecular formula is C25H32F2N2O4. The Morgan fingerprint density at radius 1 is 0.970 bits per heavy atom. The SMILES string of the molecule is CC(C)(C)OC(=O)N1[C@@H]2CC[C@H]1C[C@H](O[C@H]1CC[C@H](Oc3c(F)cc(C#N)cc3F)CC1)C2. The van der Waals surface area contributed by atoms with Crippen molar-refractivity contribution in [1.82, 2.24) is 4.90 Å². The lowest BCUT2D eigenvalue weighted by Crippen LogP contribution is -2.50. The number of nitrogens with zero attached hydrogens (tertiary/aromatic N) is 2. The number of ether oxygens (including phenoxy) is 3. The van der Waals surface area contributed by atoms with E-state index in [9.17, 15) is 13.6 Å². The summed E-state index contributed by atoms with van der Waals surface area (Å²) < 4.78 is 45.8. The molecule has 2 bridgehead atoms. The fourth-order valence-corrected chi connectivity index (χ4v) is 5.31. The van der Waals surface area contributed by atoms with Gasteiger partial charge in [0.1, 0.15) is 5.60 Å². The minimum absolute atomic E-state index is 0.0684. The normalized spacial score (nSPS) is 29.5. The second kappa shape index (κ2) is 9.46. The monoisotopic (exact) mass is 462 g/mol. The molecule has 1 saturated carbocycles. The van der Waals surface area contributed by atoms with E-state index in [1.165, 1.54) is 0 Å². The van der Waals surface area contributed by atoms with Gasteiger partial charge in [-0.2, -0.15) is 5.26 Å². The van der Waals surface area contributed by atoms with Crippen molar-refractivity contribution in [2.24, 2.45) is 0 Å². The second-order valence-corrected chi connectivity index (χ2v) is 10.4. The van der Waals surface area contributed by atoms with Crippen LogP contribution >= 0.6 is 0 Å². The molecule has 0 spiro atoms. The Bertz CT molecular complexity index is 881. The van der Waals surface area contributed by atoms with Gasteiger partial charge in [0.05, 0.1) is 29.9 Å². The van der Waals surface area contributed by atoms with Crippen LogP contribution in [0.3, 0.4) is 0 Å². The van der Waals surface area contributed by atoms with E-state index in [2.05, 4.69) is 0 Å². The number of nitriles is 1. The summed E-state index contributed by atoms with van der Waals surface area (Å²) in [6.45, 7) is 5.65. The van der Waals surface area contributed by atoms with Gasteiger partial charge in [-0.15, -0.1) is 0 Å². The molecule has 8 heteroatoms. The van der Waals surface area contributed by atoms with Crippen LogP contribution < -0.4 is 4.74 Å². The first-order valence-corrected chi connectivity index (χ1v) is 11.9. The van der Waals surface area contributed by atoms with Gasteiger partial charge in [-0.05, 0) is 84.3 Å². The third-order valence-corrected chi connectivity index (χ3v) is 6.71. The molecule has 0 aromatic heterocycles. The molecule has 1 aliphatic carbocycles. The number of rotatable bonds is 4. The zero-order valence-corrected chi connectivity index (χ0v) is 19.5. The summed E-state index contributed by atoms with van der Waals surface area (Å²) in [4.78, 5) is 14.5. The van der Waals surface area contributed by atoms with Crippen molar-refractivity contribution in [3.63, 3.8) is 0 Å². The average molecular weight is 463 g/mol. The van der Waals surface area contributed by atoms with Gasteiger partial charge in [0.25, 0.3) is 0 Å². The number of fused-ring (bicyclic) bond motifs is 2. The number of hydrogen-bond acceptors (Lipinski definition) is 5. The molecule has 3 fully saturated rings. The lowest BCUT2D eigenvalue weighted by Gasteiger charge is -2.41. The highest BCUT2D eigenvalue weighted by Gasteiger charge is 2.45. The molecular weight excluding hydrogens is 430 g/mol. The van der Waals surface area contributed by atoms with Crippen molar-refractivity contribution in [1.29, 1.82) is 5.26 Å². The average Bonchev–Trinajstić information content (AvgIpc) is 3.01. The fraction of sp³-hybridized carbons (Fsp3) is 0.680. The molecule has 1 amide bonds. The van der Waals surface area contributed by atoms with Crippen LogP contribution in [0.4, 0.5) is 13.6 Å². The fourth-order valence-electron chi connectivity index (χ4n) is 5.31. The molecule has 0 unspecified atom stereocenters. The maximum atomic E-state index is 14.1. The Labute approximate surface area is 193 Å². The third kappa shape index (κ3) is 5.57. The van der Waals surface area contributed by atoms with Gasteiger partial charge in [0.2, 0.25) is 0 Å². The summed E-state index contributed by atoms with van der Waals surface area (Å²) in [5.74, 6) is -2.11. The van der Waals surface area contributed by atoms with Crippen LogP contribution in [0.1, 0.15) is 77.7 Å². The van der Waals surface area contributed by atoms with Gasteiger partial charge in [-0.25, -0.2) is 13.6 Å². The Morgan fingerprint density at radius 3 is 2.03 bits per heavy atom. The highest BCUT2D eigenvalue weighted by atomic mass is 19.1. The number of carbonyl (C=O) groups is 1. The van der Waals surface area contributed by atoms with Crippen LogP contribution in [0.2, 0.25) is 0 Å². The zero-order chi connectivity index (χ0) is 23.8. The van der Waals surface area contributed by atoms with E-state index >= 15 is 0 Å². The molecule has 1 aromatic carbocycles. The zero-order valence-electron chi connectivity index (χ0n) is 19.5. The molecule has 2 saturated heterocycles. The van der Waals surface area contributed by atoms with Crippen LogP contribution in [-0.2, 0) is 9.47 Å². The number of halogens is 2. The molecule has 3 aliphatic rings. The highest BCUT2D eigenvalue weighted by molar-refractivity contribution is 5.69. The molecule has 0 N–H and O–H groups in total. The van der Waals surface area contributed by atoms with Gasteiger partial charge in [0.15, 0.2) is 17.4 Å².